The van der Waals surface area contributed by atoms with E-state index < -0.39 is 46.3 Å². The number of amides is 1. The van der Waals surface area contributed by atoms with Gasteiger partial charge in [-0.05, 0) is 24.3 Å². The Bertz CT molecular complexity index is 1000. The molecule has 0 aliphatic heterocycles. The van der Waals surface area contributed by atoms with E-state index in [0.717, 1.165) is 6.07 Å². The Morgan fingerprint density at radius 3 is 2.46 bits per heavy atom. The van der Waals surface area contributed by atoms with Crippen molar-refractivity contribution in [2.24, 2.45) is 0 Å². The van der Waals surface area contributed by atoms with Gasteiger partial charge in [-0.2, -0.15) is 8.78 Å². The Morgan fingerprint density at radius 2 is 1.86 bits per heavy atom. The molecule has 2 aromatic rings. The molecule has 2 aromatic carbocycles. The zero-order valence-electron chi connectivity index (χ0n) is 14.0. The van der Waals surface area contributed by atoms with Crippen LogP contribution in [0.5, 0.6) is 11.5 Å². The molecule has 0 saturated carbocycles. The second kappa shape index (κ2) is 8.65. The summed E-state index contributed by atoms with van der Waals surface area (Å²) in [5.74, 6) is -3.94. The largest absolute Gasteiger partial charge is 0.489 e. The summed E-state index contributed by atoms with van der Waals surface area (Å²) in [6.07, 6.45) is 0.680. The van der Waals surface area contributed by atoms with Crippen molar-refractivity contribution in [1.29, 1.82) is 0 Å². The van der Waals surface area contributed by atoms with E-state index in [-0.39, 0.29) is 22.1 Å². The number of carbonyl (C=O) groups is 1. The molecular formula is C16H12ClF4NO5S. The third-order valence-corrected chi connectivity index (χ3v) is 4.04. The smallest absolute Gasteiger partial charge is 0.387 e. The molecule has 0 heterocycles. The van der Waals surface area contributed by atoms with Gasteiger partial charge in [-0.3, -0.25) is 4.79 Å². The fraction of sp³-hybridized carbons (Fsp3) is 0.188. The molecule has 12 heteroatoms. The van der Waals surface area contributed by atoms with Gasteiger partial charge in [0, 0.05) is 11.6 Å². The molecule has 6 nitrogen and oxygen atoms in total. The number of rotatable bonds is 7. The minimum absolute atomic E-state index is 0.0150. The molecule has 152 valence electrons. The van der Waals surface area contributed by atoms with Crippen LogP contribution in [-0.4, -0.2) is 27.2 Å². The van der Waals surface area contributed by atoms with E-state index in [1.54, 1.807) is 0 Å². The second-order valence-electron chi connectivity index (χ2n) is 5.39. The summed E-state index contributed by atoms with van der Waals surface area (Å²) in [6, 6.07) is 4.71. The van der Waals surface area contributed by atoms with Gasteiger partial charge in [0.15, 0.2) is 0 Å². The number of carbonyl (C=O) groups excluding carboxylic acids is 1. The Labute approximate surface area is 162 Å². The van der Waals surface area contributed by atoms with Gasteiger partial charge in [0.25, 0.3) is 5.91 Å². The fourth-order valence-corrected chi connectivity index (χ4v) is 2.63. The summed E-state index contributed by atoms with van der Waals surface area (Å²) in [4.78, 5) is 11.7. The van der Waals surface area contributed by atoms with Crippen molar-refractivity contribution < 1.29 is 40.2 Å². The molecule has 0 unspecified atom stereocenters. The first-order valence-electron chi connectivity index (χ1n) is 7.33. The summed E-state index contributed by atoms with van der Waals surface area (Å²) in [5.41, 5.74) is -1.12. The van der Waals surface area contributed by atoms with E-state index in [9.17, 15) is 30.8 Å². The number of sulfonamides is 1. The fourth-order valence-electron chi connectivity index (χ4n) is 2.02. The molecule has 0 aliphatic carbocycles. The third-order valence-electron chi connectivity index (χ3n) is 3.17. The van der Waals surface area contributed by atoms with Crippen LogP contribution in [0.15, 0.2) is 30.3 Å². The number of ether oxygens (including phenoxy) is 2. The van der Waals surface area contributed by atoms with Crippen LogP contribution in [-0.2, 0) is 16.6 Å². The topological polar surface area (TPSA) is 81.7 Å². The van der Waals surface area contributed by atoms with Crippen LogP contribution in [0, 0.1) is 11.6 Å². The van der Waals surface area contributed by atoms with E-state index in [2.05, 4.69) is 4.74 Å². The highest BCUT2D eigenvalue weighted by Gasteiger charge is 2.19. The van der Waals surface area contributed by atoms with Crippen molar-refractivity contribution in [2.45, 2.75) is 13.2 Å². The van der Waals surface area contributed by atoms with Gasteiger partial charge in [-0.1, -0.05) is 11.6 Å². The maximum Gasteiger partial charge on any atom is 0.387 e. The van der Waals surface area contributed by atoms with Crippen molar-refractivity contribution in [3.05, 3.63) is 58.1 Å². The summed E-state index contributed by atoms with van der Waals surface area (Å²) in [5, 5.41) is -0.105. The maximum absolute atomic E-state index is 14.1. The van der Waals surface area contributed by atoms with Gasteiger partial charge in [0.2, 0.25) is 10.0 Å². The van der Waals surface area contributed by atoms with Gasteiger partial charge in [-0.25, -0.2) is 21.9 Å². The van der Waals surface area contributed by atoms with Crippen LogP contribution in [0.4, 0.5) is 17.6 Å². The molecule has 0 aromatic heterocycles. The molecule has 28 heavy (non-hydrogen) atoms. The van der Waals surface area contributed by atoms with Gasteiger partial charge in [0.1, 0.15) is 29.7 Å². The first kappa shape index (κ1) is 21.8. The van der Waals surface area contributed by atoms with Crippen molar-refractivity contribution in [3.8, 4) is 11.5 Å². The van der Waals surface area contributed by atoms with E-state index in [1.807, 2.05) is 0 Å². The highest BCUT2D eigenvalue weighted by atomic mass is 35.5. The molecule has 0 spiro atoms. The maximum atomic E-state index is 14.1. The molecule has 2 rings (SSSR count). The highest BCUT2D eigenvalue weighted by Crippen LogP contribution is 2.30. The number of benzene rings is 2. The number of halogens is 5. The summed E-state index contributed by atoms with van der Waals surface area (Å²) >= 11 is 5.69. The van der Waals surface area contributed by atoms with Crippen LogP contribution in [0.25, 0.3) is 0 Å². The monoisotopic (exact) mass is 441 g/mol. The average Bonchev–Trinajstić information content (AvgIpc) is 2.55. The summed E-state index contributed by atoms with van der Waals surface area (Å²) in [6.45, 7) is -3.64. The Morgan fingerprint density at radius 1 is 1.18 bits per heavy atom. The lowest BCUT2D eigenvalue weighted by Crippen LogP contribution is -2.30. The lowest BCUT2D eigenvalue weighted by Gasteiger charge is -2.12. The normalized spacial score (nSPS) is 11.4. The third kappa shape index (κ3) is 5.99. The molecule has 0 atom stereocenters. The zero-order chi connectivity index (χ0) is 21.1. The van der Waals surface area contributed by atoms with E-state index in [1.165, 1.54) is 16.9 Å². The standard InChI is InChI=1S/C16H12ClF4NO5S/c1-28(24,25)22-15(23)10-6-12(18)8(4-13(10)19)7-26-9-2-3-11(17)14(5-9)27-16(20)21/h2-6,16H,7H2,1H3,(H,22,23). The lowest BCUT2D eigenvalue weighted by molar-refractivity contribution is -0.0498. The van der Waals surface area contributed by atoms with Gasteiger partial charge < -0.3 is 9.47 Å². The Hall–Kier alpha value is -2.53. The van der Waals surface area contributed by atoms with Gasteiger partial charge >= 0.3 is 6.61 Å². The first-order chi connectivity index (χ1) is 13.0. The van der Waals surface area contributed by atoms with Crippen molar-refractivity contribution in [1.82, 2.24) is 4.72 Å². The van der Waals surface area contributed by atoms with E-state index in [0.29, 0.717) is 18.4 Å². The Kier molecular flexibility index (Phi) is 6.73. The van der Waals surface area contributed by atoms with Crippen molar-refractivity contribution >= 4 is 27.5 Å². The predicted molar refractivity (Wildman–Crippen MR) is 91.1 cm³/mol. The number of nitrogens with one attached hydrogen (secondary N) is 1. The van der Waals surface area contributed by atoms with Crippen LogP contribution in [0.1, 0.15) is 15.9 Å². The second-order valence-corrected chi connectivity index (χ2v) is 7.54. The minimum atomic E-state index is -3.96. The Balaban J connectivity index is 2.17. The zero-order valence-corrected chi connectivity index (χ0v) is 15.6. The summed E-state index contributed by atoms with van der Waals surface area (Å²) < 4.78 is 85.7. The number of alkyl halides is 2. The van der Waals surface area contributed by atoms with E-state index >= 15 is 0 Å². The molecule has 0 bridgehead atoms. The SMILES string of the molecule is CS(=O)(=O)NC(=O)c1cc(F)c(COc2ccc(Cl)c(OC(F)F)c2)cc1F. The van der Waals surface area contributed by atoms with E-state index in [4.69, 9.17) is 16.3 Å². The van der Waals surface area contributed by atoms with Gasteiger partial charge in [0.05, 0.1) is 16.8 Å². The number of hydrogen-bond donors (Lipinski definition) is 1. The molecular weight excluding hydrogens is 430 g/mol. The average molecular weight is 442 g/mol. The van der Waals surface area contributed by atoms with Crippen LogP contribution >= 0.6 is 11.6 Å². The molecule has 1 amide bonds. The number of hydrogen-bond acceptors (Lipinski definition) is 5. The van der Waals surface area contributed by atoms with Gasteiger partial charge in [-0.15, -0.1) is 0 Å². The predicted octanol–water partition coefficient (Wildman–Crippen LogP) is 3.49. The molecule has 0 radical (unpaired) electrons. The molecule has 0 aliphatic rings. The van der Waals surface area contributed by atoms with Crippen LogP contribution < -0.4 is 14.2 Å². The van der Waals surface area contributed by atoms with Crippen LogP contribution in [0.3, 0.4) is 0 Å². The highest BCUT2D eigenvalue weighted by molar-refractivity contribution is 7.89. The lowest BCUT2D eigenvalue weighted by atomic mass is 10.1. The van der Waals surface area contributed by atoms with Crippen molar-refractivity contribution in [3.63, 3.8) is 0 Å². The first-order valence-corrected chi connectivity index (χ1v) is 9.60. The molecule has 0 fully saturated rings. The quantitative estimate of drug-likeness (QED) is 0.665. The van der Waals surface area contributed by atoms with Crippen molar-refractivity contribution in [2.75, 3.05) is 6.26 Å². The molecule has 0 saturated heterocycles. The molecule has 1 N–H and O–H groups in total. The van der Waals surface area contributed by atoms with Crippen LogP contribution in [0.2, 0.25) is 5.02 Å². The summed E-state index contributed by atoms with van der Waals surface area (Å²) in [7, 11) is -3.96. The minimum Gasteiger partial charge on any atom is -0.489 e.